The van der Waals surface area contributed by atoms with Crippen LogP contribution in [-0.4, -0.2) is 35.9 Å². The highest BCUT2D eigenvalue weighted by Gasteiger charge is 2.31. The second-order valence-corrected chi connectivity index (χ2v) is 8.84. The lowest BCUT2D eigenvalue weighted by Gasteiger charge is -2.33. The maximum absolute atomic E-state index is 12.2. The number of hydrogen-bond donors (Lipinski definition) is 1. The normalized spacial score (nSPS) is 14.0. The molecule has 1 aromatic rings. The number of methoxy groups -OCH3 is 1. The van der Waals surface area contributed by atoms with Crippen molar-refractivity contribution in [2.45, 2.75) is 59.1 Å². The van der Waals surface area contributed by atoms with Gasteiger partial charge in [-0.05, 0) is 62.6 Å². The monoisotopic (exact) mass is 464 g/mol. The van der Waals surface area contributed by atoms with E-state index in [1.807, 2.05) is 27.7 Å². The molecule has 1 heterocycles. The molecule has 0 saturated carbocycles. The number of pyridine rings is 1. The summed E-state index contributed by atoms with van der Waals surface area (Å²) in [5, 5.41) is 2.95. The van der Waals surface area contributed by atoms with Crippen molar-refractivity contribution in [2.24, 2.45) is 5.92 Å². The molecule has 0 aliphatic heterocycles. The Kier molecular flexibility index (Phi) is 7.77. The van der Waals surface area contributed by atoms with Gasteiger partial charge in [0.05, 0.1) is 18.8 Å². The van der Waals surface area contributed by atoms with Gasteiger partial charge in [0.15, 0.2) is 11.5 Å². The lowest BCUT2D eigenvalue weighted by Crippen LogP contribution is -2.52. The summed E-state index contributed by atoms with van der Waals surface area (Å²) in [6.07, 6.45) is 1.92. The van der Waals surface area contributed by atoms with Gasteiger partial charge in [-0.25, -0.2) is 9.78 Å². The number of aromatic nitrogens is 1. The van der Waals surface area contributed by atoms with Gasteiger partial charge in [-0.2, -0.15) is 0 Å². The van der Waals surface area contributed by atoms with Crippen LogP contribution < -0.4 is 14.8 Å². The van der Waals surface area contributed by atoms with E-state index in [9.17, 15) is 4.79 Å². The Hall–Kier alpha value is -1.25. The molecule has 0 aliphatic carbocycles. The van der Waals surface area contributed by atoms with Crippen molar-refractivity contribution in [3.05, 3.63) is 16.0 Å². The van der Waals surface area contributed by atoms with Crippen LogP contribution in [0.2, 0.25) is 0 Å². The van der Waals surface area contributed by atoms with Crippen molar-refractivity contribution in [1.29, 1.82) is 0 Å². The van der Waals surface area contributed by atoms with Crippen LogP contribution in [-0.2, 0) is 4.74 Å². The first-order valence-electron chi connectivity index (χ1n) is 8.27. The van der Waals surface area contributed by atoms with Gasteiger partial charge < -0.3 is 19.5 Å². The van der Waals surface area contributed by atoms with Crippen molar-refractivity contribution in [2.75, 3.05) is 13.7 Å². The Morgan fingerprint density at radius 1 is 1.28 bits per heavy atom. The molecular weight excluding hydrogens is 435 g/mol. The number of carbonyl (C=O) groups is 1. The molecule has 1 N–H and O–H groups in total. The van der Waals surface area contributed by atoms with Crippen molar-refractivity contribution in [3.8, 4) is 11.5 Å². The molecule has 0 bridgehead atoms. The van der Waals surface area contributed by atoms with E-state index >= 15 is 0 Å². The zero-order valence-electron chi connectivity index (χ0n) is 16.1. The van der Waals surface area contributed by atoms with Gasteiger partial charge >= 0.3 is 6.09 Å². The van der Waals surface area contributed by atoms with Gasteiger partial charge in [-0.3, -0.25) is 0 Å². The molecule has 0 spiro atoms. The van der Waals surface area contributed by atoms with Gasteiger partial charge in [0.2, 0.25) is 0 Å². The summed E-state index contributed by atoms with van der Waals surface area (Å²) in [7, 11) is 1.59. The quantitative estimate of drug-likeness (QED) is 0.479. The summed E-state index contributed by atoms with van der Waals surface area (Å²) in [5.74, 6) is 1.53. The summed E-state index contributed by atoms with van der Waals surface area (Å²) in [5.41, 5.74) is -1.13. The van der Waals surface area contributed by atoms with Crippen LogP contribution in [0.25, 0.3) is 0 Å². The number of amides is 1. The van der Waals surface area contributed by atoms with Crippen molar-refractivity contribution >= 4 is 28.7 Å². The number of alkyl carbamates (subject to hydrolysis) is 1. The van der Waals surface area contributed by atoms with Crippen molar-refractivity contribution in [1.82, 2.24) is 10.3 Å². The summed E-state index contributed by atoms with van der Waals surface area (Å²) < 4.78 is 17.5. The minimum Gasteiger partial charge on any atom is -0.493 e. The third-order valence-electron chi connectivity index (χ3n) is 3.23. The molecule has 142 valence electrons. The molecule has 1 rings (SSSR count). The third-order valence-corrected chi connectivity index (χ3v) is 3.82. The van der Waals surface area contributed by atoms with Crippen LogP contribution in [0.4, 0.5) is 4.79 Å². The Balaban J connectivity index is 2.86. The lowest BCUT2D eigenvalue weighted by molar-refractivity contribution is 0.0407. The lowest BCUT2D eigenvalue weighted by atomic mass is 9.91. The van der Waals surface area contributed by atoms with Gasteiger partial charge in [0.1, 0.15) is 15.9 Å². The van der Waals surface area contributed by atoms with Gasteiger partial charge in [-0.15, -0.1) is 0 Å². The first kappa shape index (κ1) is 21.8. The topological polar surface area (TPSA) is 69.7 Å². The number of hydrogen-bond acceptors (Lipinski definition) is 5. The van der Waals surface area contributed by atoms with E-state index in [1.165, 1.54) is 0 Å². The highest BCUT2D eigenvalue weighted by atomic mass is 127. The summed E-state index contributed by atoms with van der Waals surface area (Å²) >= 11 is 2.11. The predicted octanol–water partition coefficient (Wildman–Crippen LogP) is 4.40. The zero-order chi connectivity index (χ0) is 19.3. The molecule has 1 amide bonds. The summed E-state index contributed by atoms with van der Waals surface area (Å²) in [6.45, 7) is 11.9. The number of nitrogens with one attached hydrogen (secondary N) is 1. The molecule has 0 aromatic carbocycles. The maximum atomic E-state index is 12.2. The first-order valence-corrected chi connectivity index (χ1v) is 9.35. The Bertz CT molecular complexity index is 587. The summed E-state index contributed by atoms with van der Waals surface area (Å²) in [4.78, 5) is 16.4. The molecule has 25 heavy (non-hydrogen) atoms. The van der Waals surface area contributed by atoms with Crippen LogP contribution in [0.1, 0.15) is 48.0 Å². The molecule has 6 nitrogen and oxygen atoms in total. The van der Waals surface area contributed by atoms with Crippen LogP contribution >= 0.6 is 22.6 Å². The van der Waals surface area contributed by atoms with E-state index in [2.05, 4.69) is 46.7 Å². The molecule has 0 radical (unpaired) electrons. The molecule has 7 heteroatoms. The fourth-order valence-electron chi connectivity index (χ4n) is 2.50. The SMILES string of the molecule is COc1cc(I)ncc1OC[C@](C)(CC(C)C)NC(=O)OC(C)(C)C. The Morgan fingerprint density at radius 2 is 1.92 bits per heavy atom. The van der Waals surface area contributed by atoms with Crippen molar-refractivity contribution in [3.63, 3.8) is 0 Å². The number of ether oxygens (including phenoxy) is 3. The minimum atomic E-state index is -0.579. The van der Waals surface area contributed by atoms with E-state index in [4.69, 9.17) is 14.2 Å². The fraction of sp³-hybridized carbons (Fsp3) is 0.667. The molecule has 0 saturated heterocycles. The third kappa shape index (κ3) is 8.11. The van der Waals surface area contributed by atoms with Gasteiger partial charge in [0, 0.05) is 6.07 Å². The van der Waals surface area contributed by atoms with E-state index in [1.54, 1.807) is 19.4 Å². The second kappa shape index (κ2) is 8.91. The molecule has 0 fully saturated rings. The smallest absolute Gasteiger partial charge is 0.408 e. The van der Waals surface area contributed by atoms with Crippen molar-refractivity contribution < 1.29 is 19.0 Å². The number of rotatable bonds is 7. The van der Waals surface area contributed by atoms with Crippen LogP contribution in [0.15, 0.2) is 12.3 Å². The summed E-state index contributed by atoms with van der Waals surface area (Å²) in [6, 6.07) is 1.80. The van der Waals surface area contributed by atoms with Crippen LogP contribution in [0.5, 0.6) is 11.5 Å². The molecular formula is C18H29IN2O4. The average Bonchev–Trinajstić information content (AvgIpc) is 2.42. The van der Waals surface area contributed by atoms with Gasteiger partial charge in [-0.1, -0.05) is 13.8 Å². The molecule has 0 aliphatic rings. The fourth-order valence-corrected chi connectivity index (χ4v) is 2.92. The standard InChI is InChI=1S/C18H29IN2O4/c1-12(2)9-18(6,21-16(22)25-17(3,4)5)11-24-14-10-20-15(19)8-13(14)23-7/h8,10,12H,9,11H2,1-7H3,(H,21,22)/t18-/m0/s1. The van der Waals surface area contributed by atoms with E-state index in [0.717, 1.165) is 10.1 Å². The first-order chi connectivity index (χ1) is 11.4. The van der Waals surface area contributed by atoms with E-state index < -0.39 is 17.2 Å². The maximum Gasteiger partial charge on any atom is 0.408 e. The van der Waals surface area contributed by atoms with Crippen LogP contribution in [0.3, 0.4) is 0 Å². The van der Waals surface area contributed by atoms with Gasteiger partial charge in [0.25, 0.3) is 0 Å². The number of halogens is 1. The highest BCUT2D eigenvalue weighted by molar-refractivity contribution is 14.1. The van der Waals surface area contributed by atoms with E-state index in [-0.39, 0.29) is 6.61 Å². The minimum absolute atomic E-state index is 0.281. The number of nitrogens with zero attached hydrogens (tertiary/aromatic N) is 1. The highest BCUT2D eigenvalue weighted by Crippen LogP contribution is 2.28. The number of carbonyl (C=O) groups excluding carboxylic acids is 1. The second-order valence-electron chi connectivity index (χ2n) is 7.73. The Labute approximate surface area is 164 Å². The molecule has 1 atom stereocenters. The zero-order valence-corrected chi connectivity index (χ0v) is 18.3. The molecule has 0 unspecified atom stereocenters. The predicted molar refractivity (Wildman–Crippen MR) is 106 cm³/mol. The van der Waals surface area contributed by atoms with Crippen LogP contribution in [0, 0.1) is 9.62 Å². The molecule has 1 aromatic heterocycles. The largest absolute Gasteiger partial charge is 0.493 e. The Morgan fingerprint density at radius 3 is 2.44 bits per heavy atom. The average molecular weight is 464 g/mol. The van der Waals surface area contributed by atoms with E-state index in [0.29, 0.717) is 17.4 Å².